The van der Waals surface area contributed by atoms with E-state index in [1.807, 2.05) is 18.2 Å². The Bertz CT molecular complexity index is 604. The van der Waals surface area contributed by atoms with Crippen LogP contribution in [0.5, 0.6) is 0 Å². The lowest BCUT2D eigenvalue weighted by Gasteiger charge is -2.11. The Kier molecular flexibility index (Phi) is 4.36. The molecule has 0 aliphatic heterocycles. The van der Waals surface area contributed by atoms with E-state index in [0.29, 0.717) is 10.0 Å². The third-order valence-electron chi connectivity index (χ3n) is 2.29. The van der Waals surface area contributed by atoms with Crippen LogP contribution < -0.4 is 11.1 Å². The number of thiocarbonyl (C=S) groups is 1. The van der Waals surface area contributed by atoms with Crippen LogP contribution in [0.4, 0.5) is 11.4 Å². The van der Waals surface area contributed by atoms with Crippen LogP contribution in [0.2, 0.25) is 5.02 Å². The van der Waals surface area contributed by atoms with Crippen molar-refractivity contribution in [2.24, 2.45) is 5.73 Å². The summed E-state index contributed by atoms with van der Waals surface area (Å²) < 4.78 is 1.07. The second-order valence-electron chi connectivity index (χ2n) is 3.53. The summed E-state index contributed by atoms with van der Waals surface area (Å²) in [5.41, 5.74) is 7.94. The molecule has 0 aliphatic carbocycles. The second kappa shape index (κ2) is 5.81. The van der Waals surface area contributed by atoms with Gasteiger partial charge in [0.15, 0.2) is 0 Å². The van der Waals surface area contributed by atoms with Crippen molar-refractivity contribution in [2.45, 2.75) is 0 Å². The fourth-order valence-electron chi connectivity index (χ4n) is 1.44. The molecule has 0 spiro atoms. The standard InChI is InChI=1S/C12H9ClIN3S/c13-9-5-7(14)1-2-10(9)17-11-6-16-4-3-8(11)12(15)18/h1-6,17H,(H2,15,18). The normalized spacial score (nSPS) is 10.1. The maximum absolute atomic E-state index is 6.16. The van der Waals surface area contributed by atoms with Crippen molar-refractivity contribution in [3.05, 3.63) is 50.8 Å². The first kappa shape index (κ1) is 13.5. The van der Waals surface area contributed by atoms with Crippen LogP contribution in [0, 0.1) is 3.57 Å². The highest BCUT2D eigenvalue weighted by molar-refractivity contribution is 14.1. The number of rotatable bonds is 3. The van der Waals surface area contributed by atoms with Gasteiger partial charge in [0.25, 0.3) is 0 Å². The molecule has 0 fully saturated rings. The third-order valence-corrected chi connectivity index (χ3v) is 3.49. The molecule has 1 aromatic carbocycles. The predicted octanol–water partition coefficient (Wildman–Crippen LogP) is 3.72. The fourth-order valence-corrected chi connectivity index (χ4v) is 2.53. The van der Waals surface area contributed by atoms with Gasteiger partial charge in [-0.15, -0.1) is 0 Å². The van der Waals surface area contributed by atoms with Gasteiger partial charge in [0.05, 0.1) is 22.6 Å². The first-order chi connectivity index (χ1) is 8.58. The molecule has 0 bridgehead atoms. The van der Waals surface area contributed by atoms with E-state index in [4.69, 9.17) is 29.6 Å². The van der Waals surface area contributed by atoms with E-state index in [-0.39, 0.29) is 0 Å². The van der Waals surface area contributed by atoms with Gasteiger partial charge in [0.2, 0.25) is 0 Å². The molecule has 0 atom stereocenters. The van der Waals surface area contributed by atoms with Gasteiger partial charge in [0, 0.05) is 15.3 Å². The summed E-state index contributed by atoms with van der Waals surface area (Å²) in [7, 11) is 0. The lowest BCUT2D eigenvalue weighted by Crippen LogP contribution is -2.12. The Morgan fingerprint density at radius 1 is 1.33 bits per heavy atom. The molecule has 3 nitrogen and oxygen atoms in total. The van der Waals surface area contributed by atoms with Gasteiger partial charge in [-0.05, 0) is 46.9 Å². The van der Waals surface area contributed by atoms with Crippen LogP contribution in [-0.2, 0) is 0 Å². The first-order valence-electron chi connectivity index (χ1n) is 5.04. The summed E-state index contributed by atoms with van der Waals surface area (Å²) in [6.45, 7) is 0. The largest absolute Gasteiger partial charge is 0.389 e. The van der Waals surface area contributed by atoms with E-state index in [0.717, 1.165) is 20.5 Å². The maximum atomic E-state index is 6.16. The van der Waals surface area contributed by atoms with Crippen molar-refractivity contribution < 1.29 is 0 Å². The van der Waals surface area contributed by atoms with Crippen LogP contribution >= 0.6 is 46.4 Å². The van der Waals surface area contributed by atoms with Gasteiger partial charge in [0.1, 0.15) is 4.99 Å². The number of pyridine rings is 1. The van der Waals surface area contributed by atoms with E-state index >= 15 is 0 Å². The molecule has 0 saturated carbocycles. The Balaban J connectivity index is 2.37. The van der Waals surface area contributed by atoms with Crippen molar-refractivity contribution in [1.29, 1.82) is 0 Å². The maximum Gasteiger partial charge on any atom is 0.106 e. The van der Waals surface area contributed by atoms with Gasteiger partial charge < -0.3 is 11.1 Å². The van der Waals surface area contributed by atoms with Gasteiger partial charge in [-0.25, -0.2) is 0 Å². The number of nitrogens with one attached hydrogen (secondary N) is 1. The summed E-state index contributed by atoms with van der Waals surface area (Å²) in [5, 5.41) is 3.82. The highest BCUT2D eigenvalue weighted by atomic mass is 127. The molecule has 0 saturated heterocycles. The molecule has 0 radical (unpaired) electrons. The van der Waals surface area contributed by atoms with E-state index in [9.17, 15) is 0 Å². The zero-order valence-electron chi connectivity index (χ0n) is 9.15. The number of aromatic nitrogens is 1. The van der Waals surface area contributed by atoms with Crippen LogP contribution in [0.25, 0.3) is 0 Å². The Hall–Kier alpha value is -0.920. The minimum atomic E-state index is 0.321. The van der Waals surface area contributed by atoms with Crippen LogP contribution in [0.1, 0.15) is 5.56 Å². The number of hydrogen-bond acceptors (Lipinski definition) is 3. The van der Waals surface area contributed by atoms with E-state index < -0.39 is 0 Å². The molecular formula is C12H9ClIN3S. The average molecular weight is 390 g/mol. The van der Waals surface area contributed by atoms with E-state index in [2.05, 4.69) is 32.9 Å². The molecule has 1 aromatic heterocycles. The van der Waals surface area contributed by atoms with Gasteiger partial charge in [-0.2, -0.15) is 0 Å². The van der Waals surface area contributed by atoms with Crippen LogP contribution in [0.3, 0.4) is 0 Å². The highest BCUT2D eigenvalue weighted by Gasteiger charge is 2.07. The molecule has 0 aliphatic rings. The Morgan fingerprint density at radius 2 is 2.11 bits per heavy atom. The topological polar surface area (TPSA) is 50.9 Å². The molecule has 2 rings (SSSR count). The van der Waals surface area contributed by atoms with Crippen LogP contribution in [-0.4, -0.2) is 9.97 Å². The van der Waals surface area contributed by atoms with Crippen molar-refractivity contribution >= 4 is 62.8 Å². The second-order valence-corrected chi connectivity index (χ2v) is 5.63. The minimum absolute atomic E-state index is 0.321. The van der Waals surface area contributed by atoms with Crippen molar-refractivity contribution in [1.82, 2.24) is 4.98 Å². The Labute approximate surface area is 129 Å². The lowest BCUT2D eigenvalue weighted by atomic mass is 10.2. The summed E-state index contributed by atoms with van der Waals surface area (Å²) in [4.78, 5) is 4.37. The SMILES string of the molecule is NC(=S)c1ccncc1Nc1ccc(I)cc1Cl. The zero-order chi connectivity index (χ0) is 13.1. The number of anilines is 2. The van der Waals surface area contributed by atoms with E-state index in [1.165, 1.54) is 0 Å². The van der Waals surface area contributed by atoms with E-state index in [1.54, 1.807) is 18.5 Å². The molecule has 18 heavy (non-hydrogen) atoms. The zero-order valence-corrected chi connectivity index (χ0v) is 12.9. The molecule has 92 valence electrons. The first-order valence-corrected chi connectivity index (χ1v) is 6.90. The number of nitrogens with two attached hydrogens (primary N) is 1. The van der Waals surface area contributed by atoms with Crippen molar-refractivity contribution in [2.75, 3.05) is 5.32 Å². The Morgan fingerprint density at radius 3 is 2.78 bits per heavy atom. The van der Waals surface area contributed by atoms with Gasteiger partial charge in [-0.3, -0.25) is 4.98 Å². The van der Waals surface area contributed by atoms with Gasteiger partial charge in [-0.1, -0.05) is 23.8 Å². The number of halogens is 2. The molecular weight excluding hydrogens is 381 g/mol. The van der Waals surface area contributed by atoms with Gasteiger partial charge >= 0.3 is 0 Å². The number of nitrogens with zero attached hydrogens (tertiary/aromatic N) is 1. The summed E-state index contributed by atoms with van der Waals surface area (Å²) >= 11 is 13.4. The highest BCUT2D eigenvalue weighted by Crippen LogP contribution is 2.28. The third kappa shape index (κ3) is 3.09. The lowest BCUT2D eigenvalue weighted by molar-refractivity contribution is 1.31. The number of benzene rings is 1. The quantitative estimate of drug-likeness (QED) is 0.620. The average Bonchev–Trinajstić information content (AvgIpc) is 2.33. The fraction of sp³-hybridized carbons (Fsp3) is 0. The predicted molar refractivity (Wildman–Crippen MR) is 87.6 cm³/mol. The van der Waals surface area contributed by atoms with Crippen LogP contribution in [0.15, 0.2) is 36.7 Å². The monoisotopic (exact) mass is 389 g/mol. The molecule has 0 amide bonds. The number of hydrogen-bond donors (Lipinski definition) is 2. The molecule has 2 aromatic rings. The smallest absolute Gasteiger partial charge is 0.106 e. The minimum Gasteiger partial charge on any atom is -0.389 e. The molecule has 6 heteroatoms. The summed E-state index contributed by atoms with van der Waals surface area (Å²) in [5.74, 6) is 0. The van der Waals surface area contributed by atoms with Crippen molar-refractivity contribution in [3.8, 4) is 0 Å². The molecule has 0 unspecified atom stereocenters. The van der Waals surface area contributed by atoms with Crippen molar-refractivity contribution in [3.63, 3.8) is 0 Å². The molecule has 1 heterocycles. The summed E-state index contributed by atoms with van der Waals surface area (Å²) in [6.07, 6.45) is 3.32. The summed E-state index contributed by atoms with van der Waals surface area (Å²) in [6, 6.07) is 7.51. The molecule has 3 N–H and O–H groups in total.